The van der Waals surface area contributed by atoms with Crippen molar-refractivity contribution in [2.75, 3.05) is 45.2 Å². The molecular weight excluding hydrogens is 463 g/mol. The molecular formula is C24H32F3N5O3. The van der Waals surface area contributed by atoms with Gasteiger partial charge in [-0.05, 0) is 31.7 Å². The molecule has 0 bridgehead atoms. The third-order valence-corrected chi connectivity index (χ3v) is 6.45. The molecule has 1 N–H and O–H groups in total. The van der Waals surface area contributed by atoms with E-state index in [0.29, 0.717) is 51.3 Å². The molecule has 2 heterocycles. The largest absolute Gasteiger partial charge is 0.481 e. The Labute approximate surface area is 203 Å². The van der Waals surface area contributed by atoms with E-state index in [-0.39, 0.29) is 24.8 Å². The van der Waals surface area contributed by atoms with E-state index in [1.54, 1.807) is 43.6 Å². The number of ether oxygens (including phenoxy) is 1. The fourth-order valence-corrected chi connectivity index (χ4v) is 4.46. The Morgan fingerprint density at radius 2 is 2.11 bits per heavy atom. The van der Waals surface area contributed by atoms with Gasteiger partial charge in [-0.1, -0.05) is 17.7 Å². The van der Waals surface area contributed by atoms with Crippen molar-refractivity contribution in [2.24, 2.45) is 5.92 Å². The summed E-state index contributed by atoms with van der Waals surface area (Å²) in [5.41, 5.74) is 1.77. The van der Waals surface area contributed by atoms with Crippen molar-refractivity contribution in [1.82, 2.24) is 20.3 Å². The highest BCUT2D eigenvalue weighted by Gasteiger charge is 2.41. The Kier molecular flexibility index (Phi) is 9.13. The summed E-state index contributed by atoms with van der Waals surface area (Å²) in [6.45, 7) is 2.06. The van der Waals surface area contributed by atoms with Gasteiger partial charge in [-0.3, -0.25) is 14.6 Å². The van der Waals surface area contributed by atoms with Crippen molar-refractivity contribution in [2.45, 2.75) is 37.9 Å². The van der Waals surface area contributed by atoms with Gasteiger partial charge in [0.1, 0.15) is 0 Å². The topological polar surface area (TPSA) is 78.0 Å². The van der Waals surface area contributed by atoms with Crippen molar-refractivity contribution in [3.8, 4) is 5.88 Å². The van der Waals surface area contributed by atoms with Crippen LogP contribution >= 0.6 is 0 Å². The van der Waals surface area contributed by atoms with Crippen LogP contribution in [0.15, 0.2) is 42.1 Å². The van der Waals surface area contributed by atoms with Crippen LogP contribution in [0, 0.1) is 5.92 Å². The highest BCUT2D eigenvalue weighted by atomic mass is 19.4. The number of allylic oxidation sites excluding steroid dienone is 1. The van der Waals surface area contributed by atoms with Gasteiger partial charge in [0.05, 0.1) is 31.0 Å². The number of anilines is 1. The molecule has 192 valence electrons. The van der Waals surface area contributed by atoms with E-state index in [4.69, 9.17) is 4.74 Å². The van der Waals surface area contributed by atoms with E-state index in [2.05, 4.69) is 15.2 Å². The summed E-state index contributed by atoms with van der Waals surface area (Å²) in [5, 5.41) is 6.10. The zero-order valence-electron chi connectivity index (χ0n) is 20.0. The minimum atomic E-state index is -4.18. The van der Waals surface area contributed by atoms with Crippen LogP contribution in [0.4, 0.5) is 18.9 Å². The molecule has 8 nitrogen and oxygen atoms in total. The van der Waals surface area contributed by atoms with E-state index >= 15 is 0 Å². The van der Waals surface area contributed by atoms with Crippen LogP contribution < -0.4 is 15.0 Å². The quantitative estimate of drug-likeness (QED) is 0.289. The molecule has 2 aliphatic rings. The monoisotopic (exact) mass is 495 g/mol. The number of rotatable bonds is 11. The number of hydrogen-bond donors (Lipinski definition) is 1. The number of carbonyl (C=O) groups excluding carboxylic acids is 2. The van der Waals surface area contributed by atoms with Gasteiger partial charge >= 0.3 is 6.18 Å². The lowest BCUT2D eigenvalue weighted by Gasteiger charge is -2.41. The minimum Gasteiger partial charge on any atom is -0.481 e. The zero-order chi connectivity index (χ0) is 25.4. The summed E-state index contributed by atoms with van der Waals surface area (Å²) in [6.07, 6.45) is 4.15. The highest BCUT2D eigenvalue weighted by molar-refractivity contribution is 5.88. The molecule has 1 aliphatic carbocycles. The van der Waals surface area contributed by atoms with Crippen LogP contribution in [-0.2, 0) is 9.59 Å². The number of nitrogens with zero attached hydrogens (tertiary/aromatic N) is 4. The van der Waals surface area contributed by atoms with Crippen LogP contribution in [-0.4, -0.2) is 79.9 Å². The Morgan fingerprint density at radius 3 is 2.71 bits per heavy atom. The van der Waals surface area contributed by atoms with Crippen molar-refractivity contribution >= 4 is 18.0 Å². The Morgan fingerprint density at radius 1 is 1.31 bits per heavy atom. The molecule has 2 unspecified atom stereocenters. The van der Waals surface area contributed by atoms with E-state index in [9.17, 15) is 22.8 Å². The first-order valence-corrected chi connectivity index (χ1v) is 11.6. The minimum absolute atomic E-state index is 0.0232. The molecule has 1 aromatic heterocycles. The van der Waals surface area contributed by atoms with Crippen LogP contribution in [0.2, 0.25) is 0 Å². The van der Waals surface area contributed by atoms with E-state index in [1.807, 2.05) is 11.1 Å². The number of pyridine rings is 1. The summed E-state index contributed by atoms with van der Waals surface area (Å²) in [6, 6.07) is 3.40. The Hall–Kier alpha value is -3.08. The van der Waals surface area contributed by atoms with Gasteiger partial charge in [0.15, 0.2) is 0 Å². The van der Waals surface area contributed by atoms with Crippen molar-refractivity contribution in [1.29, 1.82) is 0 Å². The summed E-state index contributed by atoms with van der Waals surface area (Å²) < 4.78 is 44.2. The van der Waals surface area contributed by atoms with Gasteiger partial charge in [-0.25, -0.2) is 9.99 Å². The third kappa shape index (κ3) is 6.97. The van der Waals surface area contributed by atoms with Gasteiger partial charge in [0.2, 0.25) is 12.3 Å². The predicted octanol–water partition coefficient (Wildman–Crippen LogP) is 2.94. The van der Waals surface area contributed by atoms with E-state index < -0.39 is 12.1 Å². The average Bonchev–Trinajstić information content (AvgIpc) is 2.85. The summed E-state index contributed by atoms with van der Waals surface area (Å²) >= 11 is 0. The van der Waals surface area contributed by atoms with Crippen molar-refractivity contribution in [3.05, 3.63) is 42.1 Å². The molecule has 0 aromatic carbocycles. The van der Waals surface area contributed by atoms with Gasteiger partial charge in [-0.15, -0.1) is 0 Å². The van der Waals surface area contributed by atoms with Crippen LogP contribution in [0.1, 0.15) is 25.7 Å². The summed E-state index contributed by atoms with van der Waals surface area (Å²) in [4.78, 5) is 29.5. The molecule has 11 heteroatoms. The number of aromatic nitrogens is 1. The molecule has 0 spiro atoms. The molecule has 0 fully saturated rings. The smallest absolute Gasteiger partial charge is 0.392 e. The van der Waals surface area contributed by atoms with E-state index in [0.717, 1.165) is 11.3 Å². The lowest BCUT2D eigenvalue weighted by atomic mass is 9.85. The summed E-state index contributed by atoms with van der Waals surface area (Å²) in [7, 11) is 3.33. The molecule has 0 radical (unpaired) electrons. The highest BCUT2D eigenvalue weighted by Crippen LogP contribution is 2.38. The number of hydrogen-bond acceptors (Lipinski definition) is 6. The number of alkyl halides is 3. The number of likely N-dealkylation sites (N-methyl/N-ethyl adjacent to an activating group) is 1. The van der Waals surface area contributed by atoms with Gasteiger partial charge in [-0.2, -0.15) is 13.2 Å². The van der Waals surface area contributed by atoms with Crippen molar-refractivity contribution < 1.29 is 27.5 Å². The average molecular weight is 496 g/mol. The second-order valence-corrected chi connectivity index (χ2v) is 8.60. The fraction of sp³-hybridized carbons (Fsp3) is 0.542. The molecule has 2 amide bonds. The molecule has 35 heavy (non-hydrogen) atoms. The number of carbonyl (C=O) groups is 2. The molecule has 2 atom stereocenters. The standard InChI is InChI=1S/C24H32F3N5O3/c1-30-21(18-4-6-19(7-5-18)24(25,26)27)9-11-23(34)32(30)14-3-13-31(15-12-28-17-33)20-8-10-22(35-2)29-16-20/h4,8-11,16-17,19,21H,3,5-7,12-15H2,1-2H3,(H,28,33). The van der Waals surface area contributed by atoms with E-state index in [1.165, 1.54) is 6.08 Å². The molecule has 0 saturated heterocycles. The lowest BCUT2D eigenvalue weighted by Crippen LogP contribution is -2.52. The number of amides is 2. The number of halogens is 3. The van der Waals surface area contributed by atoms with Crippen molar-refractivity contribution in [3.63, 3.8) is 0 Å². The molecule has 0 saturated carbocycles. The Balaban J connectivity index is 1.61. The fourth-order valence-electron chi connectivity index (χ4n) is 4.46. The zero-order valence-corrected chi connectivity index (χ0v) is 20.0. The van der Waals surface area contributed by atoms with Gasteiger partial charge in [0.25, 0.3) is 5.91 Å². The normalized spacial score (nSPS) is 21.0. The maximum atomic E-state index is 13.0. The van der Waals surface area contributed by atoms with Gasteiger partial charge < -0.3 is 15.0 Å². The molecule has 1 aromatic rings. The third-order valence-electron chi connectivity index (χ3n) is 6.45. The first kappa shape index (κ1) is 26.5. The predicted molar refractivity (Wildman–Crippen MR) is 126 cm³/mol. The molecule has 3 rings (SSSR count). The Bertz CT molecular complexity index is 920. The van der Waals surface area contributed by atoms with Gasteiger partial charge in [0, 0.05) is 45.4 Å². The number of methoxy groups -OCH3 is 1. The van der Waals surface area contributed by atoms with Crippen LogP contribution in [0.3, 0.4) is 0 Å². The van der Waals surface area contributed by atoms with Crippen LogP contribution in [0.5, 0.6) is 5.88 Å². The second kappa shape index (κ2) is 12.1. The maximum Gasteiger partial charge on any atom is 0.392 e. The lowest BCUT2D eigenvalue weighted by molar-refractivity contribution is -0.176. The first-order valence-electron chi connectivity index (χ1n) is 11.6. The maximum absolute atomic E-state index is 13.0. The SMILES string of the molecule is COc1ccc(N(CCCN2C(=O)C=CC(C3=CCC(C(F)(F)F)CC3)N2C)CCNC=O)cn1. The number of nitrogens with one attached hydrogen (secondary N) is 1. The second-order valence-electron chi connectivity index (χ2n) is 8.60. The van der Waals surface area contributed by atoms with Crippen LogP contribution in [0.25, 0.3) is 0 Å². The summed E-state index contributed by atoms with van der Waals surface area (Å²) in [5.74, 6) is -0.959. The molecule has 1 aliphatic heterocycles. The first-order chi connectivity index (χ1) is 16.7. The number of hydrazine groups is 1.